The van der Waals surface area contributed by atoms with Crippen LogP contribution >= 0.6 is 0 Å². The van der Waals surface area contributed by atoms with Gasteiger partial charge in [0.1, 0.15) is 11.5 Å². The van der Waals surface area contributed by atoms with Crippen molar-refractivity contribution in [2.75, 3.05) is 0 Å². The zero-order chi connectivity index (χ0) is 19.6. The molecule has 1 atom stereocenters. The predicted molar refractivity (Wildman–Crippen MR) is 85.8 cm³/mol. The molecule has 0 fully saturated rings. The number of carbonyl (C=O) groups is 2. The number of phenols is 2. The lowest BCUT2D eigenvalue weighted by Crippen LogP contribution is -2.45. The Balaban J connectivity index is 2.33. The highest BCUT2D eigenvalue weighted by Gasteiger charge is 2.30. The molecule has 0 spiro atoms. The third-order valence-electron chi connectivity index (χ3n) is 3.73. The van der Waals surface area contributed by atoms with Gasteiger partial charge < -0.3 is 15.3 Å². The Morgan fingerprint density at radius 3 is 2.38 bits per heavy atom. The van der Waals surface area contributed by atoms with Crippen molar-refractivity contribution in [1.82, 2.24) is 5.01 Å². The van der Waals surface area contributed by atoms with E-state index in [0.29, 0.717) is 12.1 Å². The fourth-order valence-electron chi connectivity index (χ4n) is 2.37. The molecule has 0 aliphatic rings. The minimum atomic E-state index is -2.02. The number of hydrazine groups is 1. The van der Waals surface area contributed by atoms with Crippen molar-refractivity contribution in [1.29, 1.82) is 0 Å². The van der Waals surface area contributed by atoms with Crippen LogP contribution in [-0.4, -0.2) is 32.1 Å². The number of nitrogens with zero attached hydrogens (tertiary/aromatic N) is 1. The Kier molecular flexibility index (Phi) is 5.53. The molecule has 9 heteroatoms. The zero-order valence-corrected chi connectivity index (χ0v) is 13.6. The Labute approximate surface area is 146 Å². The third-order valence-corrected chi connectivity index (χ3v) is 3.73. The van der Waals surface area contributed by atoms with Gasteiger partial charge in [-0.05, 0) is 35.7 Å². The number of aliphatic hydroxyl groups is 1. The molecule has 0 saturated carbocycles. The third kappa shape index (κ3) is 3.63. The number of phenolic OH excluding ortho intramolecular Hbond substituents is 2. The fourth-order valence-corrected chi connectivity index (χ4v) is 2.37. The van der Waals surface area contributed by atoms with Crippen molar-refractivity contribution < 1.29 is 33.7 Å². The Hall–Kier alpha value is -3.04. The van der Waals surface area contributed by atoms with E-state index in [1.165, 1.54) is 6.07 Å². The van der Waals surface area contributed by atoms with Crippen LogP contribution in [0.2, 0.25) is 0 Å². The maximum absolute atomic E-state index is 13.3. The van der Waals surface area contributed by atoms with Crippen LogP contribution in [0.4, 0.5) is 8.78 Å². The lowest BCUT2D eigenvalue weighted by Gasteiger charge is -2.20. The number of aryl methyl sites for hydroxylation is 1. The molecule has 26 heavy (non-hydrogen) atoms. The van der Waals surface area contributed by atoms with E-state index in [2.05, 4.69) is 0 Å². The van der Waals surface area contributed by atoms with Crippen LogP contribution in [0.1, 0.15) is 34.5 Å². The highest BCUT2D eigenvalue weighted by molar-refractivity contribution is 6.07. The minimum absolute atomic E-state index is 0.0667. The standard InChI is InChI=1S/C17H16F2N2O5/c1-2-8-5-10(22)7-13(23)14(8)16(25)21(20)17(26)15(24)9-3-4-11(18)12(19)6-9/h3-7,15,22-24H,2,20H2,1H3. The van der Waals surface area contributed by atoms with Crippen LogP contribution in [0.3, 0.4) is 0 Å². The van der Waals surface area contributed by atoms with Crippen LogP contribution in [0.25, 0.3) is 0 Å². The van der Waals surface area contributed by atoms with Crippen LogP contribution in [0.5, 0.6) is 11.5 Å². The number of hydrogen-bond acceptors (Lipinski definition) is 6. The Bertz CT molecular complexity index is 872. The molecule has 138 valence electrons. The molecule has 5 N–H and O–H groups in total. The molecule has 2 rings (SSSR count). The largest absolute Gasteiger partial charge is 0.508 e. The van der Waals surface area contributed by atoms with Crippen molar-refractivity contribution in [2.45, 2.75) is 19.4 Å². The molecule has 0 aliphatic heterocycles. The number of halogens is 2. The first-order valence-corrected chi connectivity index (χ1v) is 7.48. The van der Waals surface area contributed by atoms with Crippen molar-refractivity contribution in [3.8, 4) is 11.5 Å². The van der Waals surface area contributed by atoms with Crippen LogP contribution in [0, 0.1) is 11.6 Å². The van der Waals surface area contributed by atoms with Crippen molar-refractivity contribution in [3.63, 3.8) is 0 Å². The van der Waals surface area contributed by atoms with E-state index >= 15 is 0 Å². The highest BCUT2D eigenvalue weighted by Crippen LogP contribution is 2.29. The van der Waals surface area contributed by atoms with Gasteiger partial charge in [0.2, 0.25) is 0 Å². The second kappa shape index (κ2) is 7.46. The lowest BCUT2D eigenvalue weighted by molar-refractivity contribution is -0.138. The molecular formula is C17H16F2N2O5. The molecule has 2 aromatic rings. The summed E-state index contributed by atoms with van der Waals surface area (Å²) in [6.07, 6.45) is -1.79. The monoisotopic (exact) mass is 366 g/mol. The number of amides is 2. The van der Waals surface area contributed by atoms with E-state index in [-0.39, 0.29) is 33.9 Å². The van der Waals surface area contributed by atoms with Gasteiger partial charge in [0, 0.05) is 6.07 Å². The van der Waals surface area contributed by atoms with Crippen LogP contribution < -0.4 is 5.84 Å². The average Bonchev–Trinajstić information content (AvgIpc) is 2.60. The number of aromatic hydroxyl groups is 2. The molecule has 2 amide bonds. The van der Waals surface area contributed by atoms with E-state index in [0.717, 1.165) is 12.1 Å². The van der Waals surface area contributed by atoms with Gasteiger partial charge in [-0.25, -0.2) is 19.6 Å². The summed E-state index contributed by atoms with van der Waals surface area (Å²) in [6, 6.07) is 4.40. The normalized spacial score (nSPS) is 11.9. The number of aliphatic hydroxyl groups excluding tert-OH is 1. The predicted octanol–water partition coefficient (Wildman–Crippen LogP) is 1.51. The number of hydrogen-bond donors (Lipinski definition) is 4. The number of rotatable bonds is 4. The lowest BCUT2D eigenvalue weighted by atomic mass is 10.0. The van der Waals surface area contributed by atoms with Gasteiger partial charge in [-0.2, -0.15) is 0 Å². The smallest absolute Gasteiger partial charge is 0.278 e. The molecule has 0 aliphatic carbocycles. The van der Waals surface area contributed by atoms with E-state index < -0.39 is 35.3 Å². The summed E-state index contributed by atoms with van der Waals surface area (Å²) in [6.45, 7) is 1.64. The molecule has 0 aromatic heterocycles. The van der Waals surface area contributed by atoms with E-state index in [4.69, 9.17) is 5.84 Å². The minimum Gasteiger partial charge on any atom is -0.508 e. The summed E-state index contributed by atoms with van der Waals surface area (Å²) < 4.78 is 26.2. The fraction of sp³-hybridized carbons (Fsp3) is 0.176. The van der Waals surface area contributed by atoms with Crippen molar-refractivity contribution >= 4 is 11.8 Å². The first kappa shape index (κ1) is 19.3. The summed E-state index contributed by atoms with van der Waals surface area (Å²) in [4.78, 5) is 24.7. The number of carbonyl (C=O) groups excluding carboxylic acids is 2. The van der Waals surface area contributed by atoms with Gasteiger partial charge in [0.15, 0.2) is 17.7 Å². The second-order valence-corrected chi connectivity index (χ2v) is 5.44. The summed E-state index contributed by atoms with van der Waals surface area (Å²) in [5.74, 6) is -0.319. The van der Waals surface area contributed by atoms with Gasteiger partial charge in [-0.3, -0.25) is 9.59 Å². The van der Waals surface area contributed by atoms with Gasteiger partial charge in [-0.15, -0.1) is 0 Å². The molecule has 0 radical (unpaired) electrons. The molecule has 7 nitrogen and oxygen atoms in total. The van der Waals surface area contributed by atoms with Crippen molar-refractivity contribution in [3.05, 3.63) is 58.7 Å². The van der Waals surface area contributed by atoms with E-state index in [1.54, 1.807) is 6.92 Å². The van der Waals surface area contributed by atoms with Gasteiger partial charge in [0.25, 0.3) is 11.8 Å². The summed E-state index contributed by atoms with van der Waals surface area (Å²) in [5, 5.41) is 29.4. The molecule has 2 aromatic carbocycles. The Morgan fingerprint density at radius 1 is 1.15 bits per heavy atom. The molecule has 0 bridgehead atoms. The molecule has 0 heterocycles. The SMILES string of the molecule is CCc1cc(O)cc(O)c1C(=O)N(N)C(=O)C(O)c1ccc(F)c(F)c1. The summed E-state index contributed by atoms with van der Waals surface area (Å²) in [7, 11) is 0. The van der Waals surface area contributed by atoms with Crippen molar-refractivity contribution in [2.24, 2.45) is 5.84 Å². The molecule has 0 saturated heterocycles. The molecule has 1 unspecified atom stereocenters. The number of imide groups is 1. The number of nitrogens with two attached hydrogens (primary N) is 1. The quantitative estimate of drug-likeness (QED) is 0.369. The molecular weight excluding hydrogens is 350 g/mol. The zero-order valence-electron chi connectivity index (χ0n) is 13.6. The maximum Gasteiger partial charge on any atom is 0.278 e. The maximum atomic E-state index is 13.3. The van der Waals surface area contributed by atoms with E-state index in [9.17, 15) is 33.7 Å². The highest BCUT2D eigenvalue weighted by atomic mass is 19.2. The second-order valence-electron chi connectivity index (χ2n) is 5.44. The summed E-state index contributed by atoms with van der Waals surface area (Å²) in [5.41, 5.74) is -0.403. The Morgan fingerprint density at radius 2 is 1.81 bits per heavy atom. The van der Waals surface area contributed by atoms with Gasteiger partial charge >= 0.3 is 0 Å². The van der Waals surface area contributed by atoms with Gasteiger partial charge in [-0.1, -0.05) is 13.0 Å². The number of benzene rings is 2. The van der Waals surface area contributed by atoms with Crippen LogP contribution in [0.15, 0.2) is 30.3 Å². The summed E-state index contributed by atoms with van der Waals surface area (Å²) >= 11 is 0. The van der Waals surface area contributed by atoms with E-state index in [1.807, 2.05) is 0 Å². The topological polar surface area (TPSA) is 124 Å². The first-order valence-electron chi connectivity index (χ1n) is 7.48. The average molecular weight is 366 g/mol. The first-order chi connectivity index (χ1) is 12.2. The van der Waals surface area contributed by atoms with Gasteiger partial charge in [0.05, 0.1) is 5.56 Å². The van der Waals surface area contributed by atoms with Crippen LogP contribution in [-0.2, 0) is 11.2 Å².